The second-order valence-corrected chi connectivity index (χ2v) is 11.0. The van der Waals surface area contributed by atoms with Gasteiger partial charge >= 0.3 is 0 Å². The summed E-state index contributed by atoms with van der Waals surface area (Å²) in [6, 6.07) is 4.87. The standard InChI is InChI=1S/C19H24Cl2N4O4S2/c1-29-9-10-31(27,28)25-12-7-5-11(6-8-12)23-19-24-18(22)17(30-19)16(26)15-13(20)3-2-4-14(15)21/h2-4,11-12,25H,5-10,22H2,1H3,(H,23,24)/t11-,12-. The van der Waals surface area contributed by atoms with Crippen LogP contribution in [0.2, 0.25) is 10.0 Å². The van der Waals surface area contributed by atoms with Gasteiger partial charge < -0.3 is 15.8 Å². The first kappa shape index (κ1) is 24.2. The maximum Gasteiger partial charge on any atom is 0.214 e. The summed E-state index contributed by atoms with van der Waals surface area (Å²) in [5.74, 6) is -0.298. The number of nitrogens with zero attached hydrogens (tertiary/aromatic N) is 1. The van der Waals surface area contributed by atoms with Crippen LogP contribution < -0.4 is 15.8 Å². The Morgan fingerprint density at radius 3 is 2.45 bits per heavy atom. The Morgan fingerprint density at radius 1 is 1.23 bits per heavy atom. The maximum absolute atomic E-state index is 12.9. The topological polar surface area (TPSA) is 123 Å². The number of aromatic nitrogens is 1. The van der Waals surface area contributed by atoms with E-state index in [1.165, 1.54) is 7.11 Å². The summed E-state index contributed by atoms with van der Waals surface area (Å²) >= 11 is 13.4. The van der Waals surface area contributed by atoms with Crippen LogP contribution in [0.3, 0.4) is 0 Å². The lowest BCUT2D eigenvalue weighted by Crippen LogP contribution is -2.41. The highest BCUT2D eigenvalue weighted by Gasteiger charge is 2.27. The third kappa shape index (κ3) is 6.30. The third-order valence-electron chi connectivity index (χ3n) is 5.01. The van der Waals surface area contributed by atoms with Gasteiger partial charge in [0.15, 0.2) is 5.13 Å². The molecule has 1 aliphatic carbocycles. The molecule has 12 heteroatoms. The summed E-state index contributed by atoms with van der Waals surface area (Å²) < 4.78 is 31.6. The van der Waals surface area contributed by atoms with Crippen LogP contribution in [0.15, 0.2) is 18.2 Å². The van der Waals surface area contributed by atoms with Gasteiger partial charge in [0, 0.05) is 19.2 Å². The number of carbonyl (C=O) groups is 1. The first-order valence-corrected chi connectivity index (χ1v) is 12.9. The minimum Gasteiger partial charge on any atom is -0.384 e. The van der Waals surface area contributed by atoms with Crippen LogP contribution in [0, 0.1) is 0 Å². The molecule has 0 unspecified atom stereocenters. The number of nitrogen functional groups attached to an aromatic ring is 1. The predicted octanol–water partition coefficient (Wildman–Crippen LogP) is 3.55. The molecule has 1 aromatic heterocycles. The Labute approximate surface area is 195 Å². The number of methoxy groups -OCH3 is 1. The summed E-state index contributed by atoms with van der Waals surface area (Å²) in [6.07, 6.45) is 2.92. The van der Waals surface area contributed by atoms with Crippen LogP contribution in [0.4, 0.5) is 10.9 Å². The van der Waals surface area contributed by atoms with E-state index >= 15 is 0 Å². The normalized spacial score (nSPS) is 19.3. The summed E-state index contributed by atoms with van der Waals surface area (Å²) in [7, 11) is -1.87. The molecule has 1 aromatic carbocycles. The molecule has 0 aliphatic heterocycles. The zero-order valence-electron chi connectivity index (χ0n) is 16.9. The van der Waals surface area contributed by atoms with Crippen molar-refractivity contribution in [1.82, 2.24) is 9.71 Å². The Bertz CT molecular complexity index is 1020. The molecule has 0 saturated heterocycles. The Morgan fingerprint density at radius 2 is 1.84 bits per heavy atom. The van der Waals surface area contributed by atoms with Crippen LogP contribution in [-0.2, 0) is 14.8 Å². The van der Waals surface area contributed by atoms with Gasteiger partial charge in [-0.3, -0.25) is 4.79 Å². The molecule has 1 saturated carbocycles. The second kappa shape index (κ2) is 10.5. The van der Waals surface area contributed by atoms with Gasteiger partial charge in [0.05, 0.1) is 28.0 Å². The van der Waals surface area contributed by atoms with Crippen molar-refractivity contribution in [2.45, 2.75) is 37.8 Å². The van der Waals surface area contributed by atoms with Gasteiger partial charge in [-0.25, -0.2) is 18.1 Å². The highest BCUT2D eigenvalue weighted by Crippen LogP contribution is 2.34. The number of ether oxygens (including phenoxy) is 1. The van der Waals surface area contributed by atoms with Crippen molar-refractivity contribution in [2.24, 2.45) is 0 Å². The number of carbonyl (C=O) groups excluding carboxylic acids is 1. The smallest absolute Gasteiger partial charge is 0.214 e. The van der Waals surface area contributed by atoms with E-state index < -0.39 is 10.0 Å². The van der Waals surface area contributed by atoms with Crippen molar-refractivity contribution in [3.05, 3.63) is 38.7 Å². The zero-order chi connectivity index (χ0) is 22.6. The van der Waals surface area contributed by atoms with E-state index in [4.69, 9.17) is 33.7 Å². The van der Waals surface area contributed by atoms with Crippen LogP contribution in [0.1, 0.15) is 40.9 Å². The number of nitrogens with one attached hydrogen (secondary N) is 2. The largest absolute Gasteiger partial charge is 0.384 e. The monoisotopic (exact) mass is 506 g/mol. The second-order valence-electron chi connectivity index (χ2n) is 7.28. The van der Waals surface area contributed by atoms with Gasteiger partial charge in [-0.2, -0.15) is 0 Å². The molecule has 4 N–H and O–H groups in total. The first-order chi connectivity index (χ1) is 14.7. The fraction of sp³-hybridized carbons (Fsp3) is 0.474. The van der Waals surface area contributed by atoms with E-state index in [9.17, 15) is 13.2 Å². The summed E-state index contributed by atoms with van der Waals surface area (Å²) in [6.45, 7) is 0.165. The number of benzene rings is 1. The number of thiazole rings is 1. The Balaban J connectivity index is 1.60. The number of anilines is 2. The molecule has 1 aliphatic rings. The van der Waals surface area contributed by atoms with Crippen molar-refractivity contribution >= 4 is 61.3 Å². The van der Waals surface area contributed by atoms with Crippen molar-refractivity contribution in [1.29, 1.82) is 0 Å². The van der Waals surface area contributed by atoms with Crippen molar-refractivity contribution in [3.63, 3.8) is 0 Å². The van der Waals surface area contributed by atoms with Gasteiger partial charge in [0.1, 0.15) is 10.7 Å². The van der Waals surface area contributed by atoms with E-state index in [0.29, 0.717) is 18.0 Å². The maximum atomic E-state index is 12.9. The summed E-state index contributed by atoms with van der Waals surface area (Å²) in [5, 5.41) is 4.35. The van der Waals surface area contributed by atoms with Crippen molar-refractivity contribution in [3.8, 4) is 0 Å². The van der Waals surface area contributed by atoms with Gasteiger partial charge in [-0.05, 0) is 37.8 Å². The summed E-state index contributed by atoms with van der Waals surface area (Å²) in [5.41, 5.74) is 6.18. The number of hydrogen-bond acceptors (Lipinski definition) is 8. The van der Waals surface area contributed by atoms with Gasteiger partial charge in [-0.1, -0.05) is 40.6 Å². The van der Waals surface area contributed by atoms with E-state index in [-0.39, 0.29) is 56.5 Å². The molecule has 0 amide bonds. The highest BCUT2D eigenvalue weighted by atomic mass is 35.5. The van der Waals surface area contributed by atoms with Crippen LogP contribution >= 0.6 is 34.5 Å². The molecule has 2 aromatic rings. The van der Waals surface area contributed by atoms with Crippen molar-refractivity contribution in [2.75, 3.05) is 30.5 Å². The van der Waals surface area contributed by atoms with E-state index in [0.717, 1.165) is 24.2 Å². The molecule has 1 fully saturated rings. The fourth-order valence-corrected chi connectivity index (χ4v) is 6.15. The molecule has 1 heterocycles. The predicted molar refractivity (Wildman–Crippen MR) is 125 cm³/mol. The molecular weight excluding hydrogens is 483 g/mol. The summed E-state index contributed by atoms with van der Waals surface area (Å²) in [4.78, 5) is 17.4. The molecular formula is C19H24Cl2N4O4S2. The lowest BCUT2D eigenvalue weighted by Gasteiger charge is -2.29. The number of nitrogens with two attached hydrogens (primary N) is 1. The molecule has 3 rings (SSSR count). The molecule has 0 radical (unpaired) electrons. The SMILES string of the molecule is COCCS(=O)(=O)N[C@H]1CC[C@H](Nc2nc(N)c(C(=O)c3c(Cl)cccc3Cl)s2)CC1. The Hall–Kier alpha value is -1.43. The van der Waals surface area contributed by atoms with E-state index in [1.54, 1.807) is 18.2 Å². The molecule has 0 atom stereocenters. The third-order valence-corrected chi connectivity index (χ3v) is 8.03. The molecule has 8 nitrogen and oxygen atoms in total. The zero-order valence-corrected chi connectivity index (χ0v) is 20.0. The lowest BCUT2D eigenvalue weighted by atomic mass is 9.92. The lowest BCUT2D eigenvalue weighted by molar-refractivity contribution is 0.104. The highest BCUT2D eigenvalue weighted by molar-refractivity contribution is 7.89. The number of hydrogen-bond donors (Lipinski definition) is 3. The molecule has 170 valence electrons. The first-order valence-electron chi connectivity index (χ1n) is 9.70. The van der Waals surface area contributed by atoms with Crippen LogP contribution in [0.5, 0.6) is 0 Å². The average molecular weight is 507 g/mol. The van der Waals surface area contributed by atoms with Gasteiger partial charge in [0.25, 0.3) is 0 Å². The van der Waals surface area contributed by atoms with E-state index in [1.807, 2.05) is 0 Å². The van der Waals surface area contributed by atoms with Gasteiger partial charge in [0.2, 0.25) is 15.8 Å². The molecule has 0 spiro atoms. The van der Waals surface area contributed by atoms with Crippen LogP contribution in [-0.4, -0.2) is 50.7 Å². The van der Waals surface area contributed by atoms with Crippen LogP contribution in [0.25, 0.3) is 0 Å². The molecule has 31 heavy (non-hydrogen) atoms. The van der Waals surface area contributed by atoms with Crippen molar-refractivity contribution < 1.29 is 17.9 Å². The number of halogens is 2. The minimum atomic E-state index is -3.35. The van der Waals surface area contributed by atoms with Gasteiger partial charge in [-0.15, -0.1) is 0 Å². The fourth-order valence-electron chi connectivity index (χ4n) is 3.42. The number of rotatable bonds is 9. The minimum absolute atomic E-state index is 0.0493. The number of ketones is 1. The quantitative estimate of drug-likeness (QED) is 0.444. The Kier molecular flexibility index (Phi) is 8.17. The average Bonchev–Trinajstić information content (AvgIpc) is 3.07. The number of sulfonamides is 1. The van der Waals surface area contributed by atoms with E-state index in [2.05, 4.69) is 15.0 Å². The molecule has 0 bridgehead atoms.